The Bertz CT molecular complexity index is 2350. The van der Waals surface area contributed by atoms with Gasteiger partial charge < -0.3 is 4.57 Å². The van der Waals surface area contributed by atoms with Crippen LogP contribution in [0.1, 0.15) is 11.1 Å². The van der Waals surface area contributed by atoms with E-state index in [1.54, 1.807) is 0 Å². The minimum absolute atomic E-state index is 0.385. The molecule has 0 radical (unpaired) electrons. The van der Waals surface area contributed by atoms with Crippen LogP contribution in [0.4, 0.5) is 0 Å². The van der Waals surface area contributed by atoms with Crippen molar-refractivity contribution < 1.29 is 0 Å². The Morgan fingerprint density at radius 1 is 0.438 bits per heavy atom. The number of hydrogen-bond acceptors (Lipinski definition) is 2. The van der Waals surface area contributed by atoms with Gasteiger partial charge in [0.05, 0.1) is 22.2 Å². The summed E-state index contributed by atoms with van der Waals surface area (Å²) in [6, 6.07) is 66.0. The van der Waals surface area contributed by atoms with E-state index in [9.17, 15) is 10.5 Å². The molecule has 8 rings (SSSR count). The summed E-state index contributed by atoms with van der Waals surface area (Å²) in [5.41, 5.74) is 6.09. The highest BCUT2D eigenvalue weighted by molar-refractivity contribution is 7.20. The summed E-state index contributed by atoms with van der Waals surface area (Å²) in [4.78, 5) is 0. The summed E-state index contributed by atoms with van der Waals surface area (Å²) in [6.07, 6.45) is 0. The minimum atomic E-state index is -3.07. The third kappa shape index (κ3) is 4.55. The molecule has 224 valence electrons. The minimum Gasteiger partial charge on any atom is -0.309 e. The quantitative estimate of drug-likeness (QED) is 0.141. The van der Waals surface area contributed by atoms with E-state index < -0.39 is 8.07 Å². The average Bonchev–Trinajstić information content (AvgIpc) is 3.50. The van der Waals surface area contributed by atoms with Gasteiger partial charge in [0.15, 0.2) is 8.07 Å². The third-order valence-corrected chi connectivity index (χ3v) is 14.2. The largest absolute Gasteiger partial charge is 0.309 e. The van der Waals surface area contributed by atoms with Gasteiger partial charge in [-0.05, 0) is 62.2 Å². The summed E-state index contributed by atoms with van der Waals surface area (Å²) >= 11 is 0. The first kappa shape index (κ1) is 29.0. The summed E-state index contributed by atoms with van der Waals surface area (Å²) in [5, 5.41) is 28.0. The molecule has 7 aromatic carbocycles. The zero-order valence-corrected chi connectivity index (χ0v) is 27.1. The molecule has 0 aliphatic heterocycles. The van der Waals surface area contributed by atoms with Gasteiger partial charge in [0, 0.05) is 16.5 Å². The highest BCUT2D eigenvalue weighted by Crippen LogP contribution is 2.33. The maximum Gasteiger partial charge on any atom is 0.181 e. The van der Waals surface area contributed by atoms with Crippen LogP contribution in [0.2, 0.25) is 0 Å². The number of rotatable bonds is 6. The van der Waals surface area contributed by atoms with E-state index in [-0.39, 0.29) is 0 Å². The number of nitriles is 2. The van der Waals surface area contributed by atoms with E-state index in [2.05, 4.69) is 168 Å². The molecule has 0 bridgehead atoms. The molecule has 0 atom stereocenters. The number of hydrogen-bond donors (Lipinski definition) is 0. The molecule has 0 amide bonds. The van der Waals surface area contributed by atoms with Gasteiger partial charge in [0.1, 0.15) is 12.1 Å². The maximum absolute atomic E-state index is 10.7. The zero-order chi connectivity index (χ0) is 32.5. The van der Waals surface area contributed by atoms with Crippen LogP contribution in [-0.4, -0.2) is 12.6 Å². The summed E-state index contributed by atoms with van der Waals surface area (Å²) < 4.78 is 2.30. The number of nitrogens with zero attached hydrogens (tertiary/aromatic N) is 3. The zero-order valence-electron chi connectivity index (χ0n) is 26.1. The molecule has 0 saturated carbocycles. The van der Waals surface area contributed by atoms with Gasteiger partial charge in [0.2, 0.25) is 0 Å². The Labute approximate surface area is 280 Å². The van der Waals surface area contributed by atoms with Crippen LogP contribution < -0.4 is 20.7 Å². The smallest absolute Gasteiger partial charge is 0.181 e. The van der Waals surface area contributed by atoms with Crippen molar-refractivity contribution in [1.82, 2.24) is 4.57 Å². The topological polar surface area (TPSA) is 52.5 Å². The van der Waals surface area contributed by atoms with Crippen molar-refractivity contribution in [2.75, 3.05) is 0 Å². The van der Waals surface area contributed by atoms with Crippen LogP contribution >= 0.6 is 0 Å². The van der Waals surface area contributed by atoms with Crippen molar-refractivity contribution in [3.8, 4) is 29.0 Å². The van der Waals surface area contributed by atoms with Crippen LogP contribution in [0.25, 0.3) is 38.6 Å². The number of para-hydroxylation sites is 2. The van der Waals surface area contributed by atoms with Crippen LogP contribution in [0.15, 0.2) is 176 Å². The fourth-order valence-corrected chi connectivity index (χ4v) is 12.3. The molecule has 0 unspecified atom stereocenters. The predicted molar refractivity (Wildman–Crippen MR) is 199 cm³/mol. The first-order valence-electron chi connectivity index (χ1n) is 16.0. The van der Waals surface area contributed by atoms with Gasteiger partial charge in [0.25, 0.3) is 0 Å². The maximum atomic E-state index is 10.7. The molecular weight excluding hydrogens is 599 g/mol. The number of fused-ring (bicyclic) bond motifs is 3. The molecule has 0 fully saturated rings. The van der Waals surface area contributed by atoms with Gasteiger partial charge in [-0.15, -0.1) is 0 Å². The van der Waals surface area contributed by atoms with E-state index in [0.717, 1.165) is 48.6 Å². The van der Waals surface area contributed by atoms with Gasteiger partial charge in [-0.2, -0.15) is 10.5 Å². The van der Waals surface area contributed by atoms with Gasteiger partial charge >= 0.3 is 0 Å². The van der Waals surface area contributed by atoms with Crippen molar-refractivity contribution in [3.63, 3.8) is 0 Å². The van der Waals surface area contributed by atoms with E-state index in [4.69, 9.17) is 0 Å². The standard InChI is InChI=1S/C44H29N3Si/c45-30-34-28-33(32-24-26-35(27-25-32)47-42-22-12-10-20-39(42)40-21-11-13-23-43(40)47)29-44(41(34)31-46)48(36-14-4-1-5-15-36,37-16-6-2-7-17-37)38-18-8-3-9-19-38/h1-29H. The van der Waals surface area contributed by atoms with Crippen molar-refractivity contribution >= 4 is 50.6 Å². The fraction of sp³-hybridized carbons (Fsp3) is 0. The molecule has 1 heterocycles. The second-order valence-electron chi connectivity index (χ2n) is 11.9. The van der Waals surface area contributed by atoms with Crippen LogP contribution in [0.5, 0.6) is 0 Å². The lowest BCUT2D eigenvalue weighted by molar-refractivity contribution is 1.18. The molecular formula is C44H29N3Si. The molecule has 4 heteroatoms. The van der Waals surface area contributed by atoms with Gasteiger partial charge in [-0.3, -0.25) is 0 Å². The molecule has 0 N–H and O–H groups in total. The predicted octanol–water partition coefficient (Wildman–Crippen LogP) is 7.57. The van der Waals surface area contributed by atoms with E-state index in [0.29, 0.717) is 11.1 Å². The molecule has 0 aliphatic carbocycles. The SMILES string of the molecule is N#Cc1cc(-c2ccc(-n3c4ccccc4c4ccccc43)cc2)cc([Si](c2ccccc2)(c2ccccc2)c2ccccc2)c1C#N. The van der Waals surface area contributed by atoms with Crippen LogP contribution in [-0.2, 0) is 0 Å². The summed E-state index contributed by atoms with van der Waals surface area (Å²) in [7, 11) is -3.07. The molecule has 1 aromatic heterocycles. The van der Waals surface area contributed by atoms with Crippen molar-refractivity contribution in [2.45, 2.75) is 0 Å². The summed E-state index contributed by atoms with van der Waals surface area (Å²) in [5.74, 6) is 0. The number of benzene rings is 7. The van der Waals surface area contributed by atoms with Gasteiger partial charge in [-0.25, -0.2) is 0 Å². The Hall–Kier alpha value is -6.46. The first-order valence-corrected chi connectivity index (χ1v) is 18.0. The van der Waals surface area contributed by atoms with E-state index >= 15 is 0 Å². The van der Waals surface area contributed by atoms with Gasteiger partial charge in [-0.1, -0.05) is 146 Å². The first-order chi connectivity index (χ1) is 23.7. The molecule has 0 spiro atoms. The normalized spacial score (nSPS) is 11.3. The highest BCUT2D eigenvalue weighted by atomic mass is 28.3. The second-order valence-corrected chi connectivity index (χ2v) is 15.7. The Kier molecular flexibility index (Phi) is 7.27. The fourth-order valence-electron chi connectivity index (χ4n) is 7.35. The van der Waals surface area contributed by atoms with Crippen LogP contribution in [0.3, 0.4) is 0 Å². The summed E-state index contributed by atoms with van der Waals surface area (Å²) in [6.45, 7) is 0. The lowest BCUT2D eigenvalue weighted by Gasteiger charge is -2.35. The third-order valence-electron chi connectivity index (χ3n) is 9.43. The van der Waals surface area contributed by atoms with Crippen molar-refractivity contribution in [1.29, 1.82) is 10.5 Å². The lowest BCUT2D eigenvalue weighted by Crippen LogP contribution is -2.75. The lowest BCUT2D eigenvalue weighted by atomic mass is 9.99. The highest BCUT2D eigenvalue weighted by Gasteiger charge is 2.43. The van der Waals surface area contributed by atoms with Crippen molar-refractivity contribution in [2.24, 2.45) is 0 Å². The van der Waals surface area contributed by atoms with E-state index in [1.165, 1.54) is 10.8 Å². The second kappa shape index (κ2) is 12.0. The molecule has 3 nitrogen and oxygen atoms in total. The molecule has 0 aliphatic rings. The van der Waals surface area contributed by atoms with E-state index in [1.807, 2.05) is 24.3 Å². The van der Waals surface area contributed by atoms with Crippen LogP contribution in [0, 0.1) is 22.7 Å². The molecule has 8 aromatic rings. The Morgan fingerprint density at radius 2 is 0.896 bits per heavy atom. The monoisotopic (exact) mass is 627 g/mol. The van der Waals surface area contributed by atoms with Crippen molar-refractivity contribution in [3.05, 3.63) is 187 Å². The average molecular weight is 628 g/mol. The Morgan fingerprint density at radius 3 is 1.35 bits per heavy atom. The molecule has 0 saturated heterocycles. The molecule has 48 heavy (non-hydrogen) atoms. The Balaban J connectivity index is 1.38. The number of aromatic nitrogens is 1.